The highest BCUT2D eigenvalue weighted by molar-refractivity contribution is 5.64. The Bertz CT molecular complexity index is 1360. The molecule has 4 aromatic rings. The highest BCUT2D eigenvalue weighted by atomic mass is 16.5. The number of fused-ring (bicyclic) bond motifs is 6. The Hall–Kier alpha value is -4.20. The number of aryl methyl sites for hydroxylation is 1. The lowest BCUT2D eigenvalue weighted by Gasteiger charge is -2.16. The predicted molar refractivity (Wildman–Crippen MR) is 131 cm³/mol. The molecule has 2 aliphatic rings. The minimum Gasteiger partial charge on any atom is -0.487 e. The molecule has 2 N–H and O–H groups in total. The summed E-state index contributed by atoms with van der Waals surface area (Å²) in [6.45, 7) is 2.97. The smallest absolute Gasteiger partial charge is 0.229 e. The summed E-state index contributed by atoms with van der Waals surface area (Å²) in [6, 6.07) is 16.5. The number of nitrogens with zero attached hydrogens (tertiary/aromatic N) is 5. The van der Waals surface area contributed by atoms with Gasteiger partial charge in [0.1, 0.15) is 36.0 Å². The molecular weight excluding hydrogens is 426 g/mol. The van der Waals surface area contributed by atoms with Crippen LogP contribution in [0.3, 0.4) is 0 Å². The van der Waals surface area contributed by atoms with Crippen molar-refractivity contribution in [1.29, 1.82) is 0 Å². The first kappa shape index (κ1) is 20.4. The van der Waals surface area contributed by atoms with E-state index in [1.54, 1.807) is 11.0 Å². The Morgan fingerprint density at radius 3 is 2.82 bits per heavy atom. The third-order valence-corrected chi connectivity index (χ3v) is 6.21. The number of hydrogen-bond donors (Lipinski definition) is 2. The normalized spacial score (nSPS) is 17.7. The van der Waals surface area contributed by atoms with Gasteiger partial charge in [0, 0.05) is 29.8 Å². The second kappa shape index (κ2) is 8.62. The molecular formula is C26H25N7O. The number of nitrogens with one attached hydrogen (secondary N) is 2. The lowest BCUT2D eigenvalue weighted by molar-refractivity contribution is 0.360. The Balaban J connectivity index is 1.41. The molecule has 0 radical (unpaired) electrons. The zero-order valence-corrected chi connectivity index (χ0v) is 18.9. The average Bonchev–Trinajstić information content (AvgIpc) is 3.48. The highest BCUT2D eigenvalue weighted by Gasteiger charge is 2.29. The van der Waals surface area contributed by atoms with Crippen LogP contribution in [0.4, 0.5) is 17.5 Å². The van der Waals surface area contributed by atoms with Crippen LogP contribution in [0.2, 0.25) is 0 Å². The van der Waals surface area contributed by atoms with Crippen molar-refractivity contribution < 1.29 is 4.74 Å². The number of benzene rings is 2. The molecule has 2 aromatic heterocycles. The molecule has 0 amide bonds. The molecule has 4 bridgehead atoms. The number of ether oxygens (including phenoxy) is 1. The molecule has 1 atom stereocenters. The van der Waals surface area contributed by atoms with E-state index in [9.17, 15) is 0 Å². The van der Waals surface area contributed by atoms with E-state index in [0.29, 0.717) is 30.7 Å². The quantitative estimate of drug-likeness (QED) is 0.432. The van der Waals surface area contributed by atoms with Crippen molar-refractivity contribution in [1.82, 2.24) is 24.7 Å². The van der Waals surface area contributed by atoms with Crippen molar-refractivity contribution in [2.24, 2.45) is 0 Å². The fourth-order valence-corrected chi connectivity index (χ4v) is 4.61. The van der Waals surface area contributed by atoms with Gasteiger partial charge in [-0.05, 0) is 43.5 Å². The van der Waals surface area contributed by atoms with Gasteiger partial charge in [0.2, 0.25) is 5.95 Å². The lowest BCUT2D eigenvalue weighted by atomic mass is 9.97. The first-order valence-corrected chi connectivity index (χ1v) is 11.5. The van der Waals surface area contributed by atoms with Gasteiger partial charge in [0.05, 0.1) is 5.69 Å². The van der Waals surface area contributed by atoms with Crippen LogP contribution in [-0.4, -0.2) is 37.9 Å². The molecule has 0 spiro atoms. The third-order valence-electron chi connectivity index (χ3n) is 6.21. The largest absolute Gasteiger partial charge is 0.487 e. The topological polar surface area (TPSA) is 89.8 Å². The van der Waals surface area contributed by atoms with Crippen LogP contribution in [0, 0.1) is 6.92 Å². The SMILES string of the molecule is Cc1ncn(-c2ccc3cc2OC/C=C\CNc2nc(nc4c2CCC4c2ccccc2)N3)n1. The number of rotatable bonds is 2. The monoisotopic (exact) mass is 451 g/mol. The number of aromatic nitrogens is 5. The van der Waals surface area contributed by atoms with Crippen molar-refractivity contribution in [2.75, 3.05) is 23.8 Å². The van der Waals surface area contributed by atoms with Crippen LogP contribution in [0.25, 0.3) is 5.69 Å². The van der Waals surface area contributed by atoms with Crippen molar-refractivity contribution >= 4 is 17.5 Å². The molecule has 1 aliphatic carbocycles. The maximum absolute atomic E-state index is 6.08. The van der Waals surface area contributed by atoms with E-state index in [-0.39, 0.29) is 5.92 Å². The molecule has 170 valence electrons. The third kappa shape index (κ3) is 3.87. The summed E-state index contributed by atoms with van der Waals surface area (Å²) in [5.41, 5.74) is 5.26. The molecule has 0 saturated heterocycles. The van der Waals surface area contributed by atoms with Gasteiger partial charge in [-0.3, -0.25) is 0 Å². The van der Waals surface area contributed by atoms with Gasteiger partial charge >= 0.3 is 0 Å². The highest BCUT2D eigenvalue weighted by Crippen LogP contribution is 2.40. The Morgan fingerprint density at radius 1 is 1.06 bits per heavy atom. The summed E-state index contributed by atoms with van der Waals surface area (Å²) in [4.78, 5) is 14.1. The van der Waals surface area contributed by atoms with E-state index < -0.39 is 0 Å². The minimum atomic E-state index is 0.267. The van der Waals surface area contributed by atoms with Gasteiger partial charge in [-0.25, -0.2) is 14.6 Å². The average molecular weight is 452 g/mol. The zero-order valence-electron chi connectivity index (χ0n) is 18.9. The van der Waals surface area contributed by atoms with E-state index in [1.807, 2.05) is 31.2 Å². The summed E-state index contributed by atoms with van der Waals surface area (Å²) >= 11 is 0. The molecule has 34 heavy (non-hydrogen) atoms. The van der Waals surface area contributed by atoms with Crippen molar-refractivity contribution in [3.8, 4) is 11.4 Å². The van der Waals surface area contributed by atoms with Crippen LogP contribution in [0.15, 0.2) is 67.0 Å². The molecule has 8 nitrogen and oxygen atoms in total. The van der Waals surface area contributed by atoms with Gasteiger partial charge in [-0.1, -0.05) is 36.4 Å². The van der Waals surface area contributed by atoms with Gasteiger partial charge in [0.15, 0.2) is 0 Å². The fourth-order valence-electron chi connectivity index (χ4n) is 4.61. The Labute approximate surface area is 197 Å². The second-order valence-electron chi connectivity index (χ2n) is 8.47. The van der Waals surface area contributed by atoms with Crippen LogP contribution in [0.1, 0.15) is 35.0 Å². The minimum absolute atomic E-state index is 0.267. The summed E-state index contributed by atoms with van der Waals surface area (Å²) in [5.74, 6) is 3.14. The van der Waals surface area contributed by atoms with Crippen molar-refractivity contribution in [3.63, 3.8) is 0 Å². The fraction of sp³-hybridized carbons (Fsp3) is 0.231. The number of hydrogen-bond acceptors (Lipinski definition) is 7. The molecule has 8 heteroatoms. The Morgan fingerprint density at radius 2 is 1.97 bits per heavy atom. The standard InChI is InChI=1S/C26H25N7O/c1-17-28-16-33(32-17)22-12-9-19-15-23(22)34-14-6-5-13-27-25-21-11-10-20(18-7-3-2-4-8-18)24(21)30-26(29-19)31-25/h2-9,12,15-16,20H,10-11,13-14H2,1H3,(H2,27,29,30,31)/b6-5-. The van der Waals surface area contributed by atoms with E-state index in [1.165, 1.54) is 11.1 Å². The van der Waals surface area contributed by atoms with Crippen molar-refractivity contribution in [3.05, 3.63) is 89.7 Å². The van der Waals surface area contributed by atoms with Gasteiger partial charge in [-0.2, -0.15) is 10.1 Å². The van der Waals surface area contributed by atoms with Crippen molar-refractivity contribution in [2.45, 2.75) is 25.7 Å². The second-order valence-corrected chi connectivity index (χ2v) is 8.47. The molecule has 6 rings (SSSR count). The molecule has 0 saturated carbocycles. The van der Waals surface area contributed by atoms with Crippen LogP contribution in [-0.2, 0) is 6.42 Å². The van der Waals surface area contributed by atoms with Crippen LogP contribution >= 0.6 is 0 Å². The van der Waals surface area contributed by atoms with Crippen LogP contribution in [0.5, 0.6) is 5.75 Å². The zero-order chi connectivity index (χ0) is 22.9. The lowest BCUT2D eigenvalue weighted by Crippen LogP contribution is -2.10. The summed E-state index contributed by atoms with van der Waals surface area (Å²) in [7, 11) is 0. The molecule has 2 aromatic carbocycles. The van der Waals surface area contributed by atoms with E-state index in [0.717, 1.165) is 35.7 Å². The summed E-state index contributed by atoms with van der Waals surface area (Å²) in [5, 5.41) is 11.3. The van der Waals surface area contributed by atoms with Gasteiger partial charge < -0.3 is 15.4 Å². The van der Waals surface area contributed by atoms with E-state index in [2.05, 4.69) is 57.1 Å². The first-order chi connectivity index (χ1) is 16.7. The van der Waals surface area contributed by atoms with Gasteiger partial charge in [0.25, 0.3) is 0 Å². The first-order valence-electron chi connectivity index (χ1n) is 11.5. The molecule has 0 fully saturated rings. The van der Waals surface area contributed by atoms with E-state index in [4.69, 9.17) is 14.7 Å². The summed E-state index contributed by atoms with van der Waals surface area (Å²) in [6.07, 6.45) is 7.76. The summed E-state index contributed by atoms with van der Waals surface area (Å²) < 4.78 is 7.81. The van der Waals surface area contributed by atoms with Gasteiger partial charge in [-0.15, -0.1) is 0 Å². The molecule has 1 aliphatic heterocycles. The maximum Gasteiger partial charge on any atom is 0.229 e. The number of anilines is 3. The predicted octanol–water partition coefficient (Wildman–Crippen LogP) is 4.55. The Kier molecular flexibility index (Phi) is 5.18. The maximum atomic E-state index is 6.08. The van der Waals surface area contributed by atoms with Crippen LogP contribution < -0.4 is 15.4 Å². The molecule has 3 heterocycles. The van der Waals surface area contributed by atoms with E-state index >= 15 is 0 Å². The molecule has 1 unspecified atom stereocenters.